The monoisotopic (exact) mass is 308 g/mol. The first-order chi connectivity index (χ1) is 9.88. The van der Waals surface area contributed by atoms with Crippen LogP contribution in [0.25, 0.3) is 0 Å². The van der Waals surface area contributed by atoms with Crippen LogP contribution < -0.4 is 4.72 Å². The van der Waals surface area contributed by atoms with E-state index in [2.05, 4.69) is 4.72 Å². The maximum absolute atomic E-state index is 13.6. The van der Waals surface area contributed by atoms with Gasteiger partial charge in [-0.05, 0) is 43.9 Å². The Bertz CT molecular complexity index is 713. The first kappa shape index (κ1) is 15.5. The van der Waals surface area contributed by atoms with Crippen molar-refractivity contribution in [1.82, 2.24) is 4.90 Å². The van der Waals surface area contributed by atoms with Crippen molar-refractivity contribution < 1.29 is 12.8 Å². The van der Waals surface area contributed by atoms with Gasteiger partial charge in [-0.3, -0.25) is 4.72 Å². The van der Waals surface area contributed by atoms with Gasteiger partial charge in [0.15, 0.2) is 0 Å². The summed E-state index contributed by atoms with van der Waals surface area (Å²) in [5.74, 6) is -0.769. The van der Waals surface area contributed by atoms with Crippen LogP contribution in [-0.4, -0.2) is 27.4 Å². The molecule has 0 heterocycles. The molecule has 2 rings (SSSR count). The molecule has 2 aromatic rings. The lowest BCUT2D eigenvalue weighted by atomic mass is 10.2. The van der Waals surface area contributed by atoms with E-state index in [-0.39, 0.29) is 4.90 Å². The summed E-state index contributed by atoms with van der Waals surface area (Å²) in [6.07, 6.45) is 0. The van der Waals surface area contributed by atoms with Crippen LogP contribution in [0, 0.1) is 5.82 Å². The third-order valence-corrected chi connectivity index (χ3v) is 4.25. The summed E-state index contributed by atoms with van der Waals surface area (Å²) in [6.45, 7) is 0.764. The highest BCUT2D eigenvalue weighted by molar-refractivity contribution is 7.92. The van der Waals surface area contributed by atoms with Gasteiger partial charge in [0.2, 0.25) is 0 Å². The lowest BCUT2D eigenvalue weighted by molar-refractivity contribution is 0.402. The van der Waals surface area contributed by atoms with E-state index >= 15 is 0 Å². The number of anilines is 1. The highest BCUT2D eigenvalue weighted by Crippen LogP contribution is 2.19. The highest BCUT2D eigenvalue weighted by atomic mass is 32.2. The predicted molar refractivity (Wildman–Crippen MR) is 81.0 cm³/mol. The van der Waals surface area contributed by atoms with Crippen LogP contribution in [0.15, 0.2) is 53.4 Å². The van der Waals surface area contributed by atoms with Crippen LogP contribution in [0.3, 0.4) is 0 Å². The molecule has 0 aliphatic carbocycles. The maximum atomic E-state index is 13.6. The first-order valence-corrected chi connectivity index (χ1v) is 7.88. The van der Waals surface area contributed by atoms with Crippen molar-refractivity contribution in [2.24, 2.45) is 0 Å². The van der Waals surface area contributed by atoms with Crippen LogP contribution >= 0.6 is 0 Å². The molecule has 0 aliphatic heterocycles. The molecule has 4 nitrogen and oxygen atoms in total. The molecule has 0 bridgehead atoms. The number of hydrogen-bond acceptors (Lipinski definition) is 3. The third-order valence-electron chi connectivity index (χ3n) is 2.83. The van der Waals surface area contributed by atoms with E-state index in [0.29, 0.717) is 5.69 Å². The van der Waals surface area contributed by atoms with Gasteiger partial charge in [-0.1, -0.05) is 24.3 Å². The molecule has 1 N–H and O–H groups in total. The van der Waals surface area contributed by atoms with Gasteiger partial charge < -0.3 is 4.90 Å². The molecular weight excluding hydrogens is 291 g/mol. The molecular formula is C15H17FN2O2S. The fourth-order valence-corrected chi connectivity index (χ4v) is 3.05. The van der Waals surface area contributed by atoms with Gasteiger partial charge in [0, 0.05) is 12.2 Å². The molecule has 0 atom stereocenters. The van der Waals surface area contributed by atoms with Gasteiger partial charge in [-0.2, -0.15) is 0 Å². The van der Waals surface area contributed by atoms with Crippen molar-refractivity contribution in [3.8, 4) is 0 Å². The molecule has 0 aromatic heterocycles. The van der Waals surface area contributed by atoms with E-state index in [1.165, 1.54) is 18.2 Å². The van der Waals surface area contributed by atoms with Crippen LogP contribution in [0.4, 0.5) is 10.1 Å². The number of sulfonamides is 1. The molecule has 112 valence electrons. The lowest BCUT2D eigenvalue weighted by Gasteiger charge is -2.11. The van der Waals surface area contributed by atoms with Gasteiger partial charge in [0.05, 0.1) is 0 Å². The Morgan fingerprint density at radius 1 is 1.05 bits per heavy atom. The molecule has 0 saturated heterocycles. The Kier molecular flexibility index (Phi) is 4.59. The second-order valence-electron chi connectivity index (χ2n) is 4.97. The molecule has 2 aromatic carbocycles. The van der Waals surface area contributed by atoms with E-state index in [4.69, 9.17) is 0 Å². The minimum absolute atomic E-state index is 0.359. The molecule has 0 radical (unpaired) electrons. The first-order valence-electron chi connectivity index (χ1n) is 6.39. The largest absolute Gasteiger partial charge is 0.305 e. The summed E-state index contributed by atoms with van der Waals surface area (Å²) in [6, 6.07) is 12.3. The molecule has 0 unspecified atom stereocenters. The summed E-state index contributed by atoms with van der Waals surface area (Å²) < 4.78 is 40.2. The highest BCUT2D eigenvalue weighted by Gasteiger charge is 2.18. The van der Waals surface area contributed by atoms with Gasteiger partial charge >= 0.3 is 0 Å². The Hall–Kier alpha value is -1.92. The zero-order valence-corrected chi connectivity index (χ0v) is 12.7. The van der Waals surface area contributed by atoms with Crippen LogP contribution in [0.2, 0.25) is 0 Å². The van der Waals surface area contributed by atoms with E-state index in [1.54, 1.807) is 12.1 Å². The second-order valence-corrected chi connectivity index (χ2v) is 6.62. The van der Waals surface area contributed by atoms with E-state index < -0.39 is 15.8 Å². The maximum Gasteiger partial charge on any atom is 0.264 e. The van der Waals surface area contributed by atoms with Crippen molar-refractivity contribution in [3.05, 3.63) is 59.9 Å². The van der Waals surface area contributed by atoms with E-state index in [9.17, 15) is 12.8 Å². The van der Waals surface area contributed by atoms with Gasteiger partial charge in [-0.25, -0.2) is 12.8 Å². The molecule has 21 heavy (non-hydrogen) atoms. The summed E-state index contributed by atoms with van der Waals surface area (Å²) in [7, 11) is -0.00898. The smallest absolute Gasteiger partial charge is 0.264 e. The minimum Gasteiger partial charge on any atom is -0.305 e. The number of rotatable bonds is 5. The third kappa shape index (κ3) is 4.03. The van der Waals surface area contributed by atoms with Crippen molar-refractivity contribution in [3.63, 3.8) is 0 Å². The van der Waals surface area contributed by atoms with Gasteiger partial charge in [0.25, 0.3) is 10.0 Å². The topological polar surface area (TPSA) is 49.4 Å². The van der Waals surface area contributed by atoms with Crippen molar-refractivity contribution >= 4 is 15.7 Å². The lowest BCUT2D eigenvalue weighted by Crippen LogP contribution is -2.15. The van der Waals surface area contributed by atoms with Crippen molar-refractivity contribution in [2.45, 2.75) is 11.4 Å². The Morgan fingerprint density at radius 3 is 2.24 bits per heavy atom. The SMILES string of the molecule is CN(C)Cc1ccc(NS(=O)(=O)c2ccccc2F)cc1. The summed E-state index contributed by atoms with van der Waals surface area (Å²) >= 11 is 0. The standard InChI is InChI=1S/C15H17FN2O2S/c1-18(2)11-12-7-9-13(10-8-12)17-21(19,20)15-6-4-3-5-14(15)16/h3-10,17H,11H2,1-2H3. The normalized spacial score (nSPS) is 11.6. The van der Waals surface area contributed by atoms with E-state index in [0.717, 1.165) is 18.2 Å². The molecule has 0 saturated carbocycles. The quantitative estimate of drug-likeness (QED) is 0.924. The van der Waals surface area contributed by atoms with Crippen LogP contribution in [-0.2, 0) is 16.6 Å². The number of nitrogens with zero attached hydrogens (tertiary/aromatic N) is 1. The average Bonchev–Trinajstić information content (AvgIpc) is 2.40. The number of hydrogen-bond donors (Lipinski definition) is 1. The van der Waals surface area contributed by atoms with Gasteiger partial charge in [0.1, 0.15) is 10.7 Å². The fraction of sp³-hybridized carbons (Fsp3) is 0.200. The minimum atomic E-state index is -3.92. The number of halogens is 1. The Morgan fingerprint density at radius 2 is 1.67 bits per heavy atom. The number of nitrogens with one attached hydrogen (secondary N) is 1. The number of benzene rings is 2. The van der Waals surface area contributed by atoms with Crippen molar-refractivity contribution in [2.75, 3.05) is 18.8 Å². The molecule has 0 amide bonds. The summed E-state index contributed by atoms with van der Waals surface area (Å²) in [4.78, 5) is 1.65. The van der Waals surface area contributed by atoms with Crippen LogP contribution in [0.5, 0.6) is 0 Å². The zero-order valence-electron chi connectivity index (χ0n) is 11.9. The average molecular weight is 308 g/mol. The second kappa shape index (κ2) is 6.24. The molecule has 0 fully saturated rings. The van der Waals surface area contributed by atoms with Crippen molar-refractivity contribution in [1.29, 1.82) is 0 Å². The Labute approximate surface area is 124 Å². The summed E-state index contributed by atoms with van der Waals surface area (Å²) in [5, 5.41) is 0. The summed E-state index contributed by atoms with van der Waals surface area (Å²) in [5.41, 5.74) is 1.47. The fourth-order valence-electron chi connectivity index (χ4n) is 1.92. The molecule has 6 heteroatoms. The van der Waals surface area contributed by atoms with Crippen LogP contribution in [0.1, 0.15) is 5.56 Å². The Balaban J connectivity index is 2.19. The predicted octanol–water partition coefficient (Wildman–Crippen LogP) is 2.69. The van der Waals surface area contributed by atoms with Gasteiger partial charge in [-0.15, -0.1) is 0 Å². The molecule has 0 spiro atoms. The molecule has 0 aliphatic rings. The zero-order chi connectivity index (χ0) is 15.5. The van der Waals surface area contributed by atoms with E-state index in [1.807, 2.05) is 31.1 Å².